The summed E-state index contributed by atoms with van der Waals surface area (Å²) in [5, 5.41) is 0. The predicted molar refractivity (Wildman–Crippen MR) is 182 cm³/mol. The summed E-state index contributed by atoms with van der Waals surface area (Å²) in [4.78, 5) is 5.02. The molecule has 8 fully saturated rings. The molecule has 0 saturated carbocycles. The summed E-state index contributed by atoms with van der Waals surface area (Å²) in [7, 11) is 0. The highest BCUT2D eigenvalue weighted by atomic mass is 16.6. The Kier molecular flexibility index (Phi) is 8.58. The molecule has 0 spiro atoms. The van der Waals surface area contributed by atoms with Crippen LogP contribution in [0.2, 0.25) is 0 Å². The minimum absolute atomic E-state index is 0.306. The summed E-state index contributed by atoms with van der Waals surface area (Å²) in [6.07, 6.45) is 7.76. The van der Waals surface area contributed by atoms with Crippen molar-refractivity contribution in [2.24, 2.45) is 0 Å². The lowest BCUT2D eigenvalue weighted by Gasteiger charge is -2.28. The summed E-state index contributed by atoms with van der Waals surface area (Å²) in [6.45, 7) is 10.5. The number of hydrogen-bond acceptors (Lipinski definition) is 10. The van der Waals surface area contributed by atoms with E-state index in [0.29, 0.717) is 60.7 Å². The Morgan fingerprint density at radius 2 is 0.694 bits per heavy atom. The van der Waals surface area contributed by atoms with Gasteiger partial charge in [0.05, 0.1) is 102 Å². The molecular weight excluding hydrogens is 624 g/mol. The van der Waals surface area contributed by atoms with Crippen LogP contribution < -0.4 is 9.80 Å². The number of hydrogen-bond donors (Lipinski definition) is 0. The molecule has 0 aliphatic carbocycles. The molecule has 0 radical (unpaired) electrons. The van der Waals surface area contributed by atoms with Crippen molar-refractivity contribution in [1.29, 1.82) is 0 Å². The van der Waals surface area contributed by atoms with E-state index < -0.39 is 0 Å². The lowest BCUT2D eigenvalue weighted by atomic mass is 9.86. The minimum atomic E-state index is 0.306. The van der Waals surface area contributed by atoms with Crippen LogP contribution in [0.15, 0.2) is 36.4 Å². The molecule has 8 aliphatic rings. The highest BCUT2D eigenvalue weighted by molar-refractivity contribution is 5.56. The van der Waals surface area contributed by atoms with Crippen LogP contribution in [0.5, 0.6) is 0 Å². The Balaban J connectivity index is 1.00. The average molecular weight is 675 g/mol. The maximum atomic E-state index is 5.76. The molecule has 0 bridgehead atoms. The monoisotopic (exact) mass is 674 g/mol. The molecule has 8 atom stereocenters. The van der Waals surface area contributed by atoms with Crippen molar-refractivity contribution in [2.75, 3.05) is 88.8 Å². The van der Waals surface area contributed by atoms with Crippen LogP contribution in [0.1, 0.15) is 59.8 Å². The van der Waals surface area contributed by atoms with Gasteiger partial charge in [-0.1, -0.05) is 12.1 Å². The van der Waals surface area contributed by atoms with Gasteiger partial charge in [0.2, 0.25) is 0 Å². The third kappa shape index (κ3) is 9.15. The van der Waals surface area contributed by atoms with Crippen LogP contribution >= 0.6 is 0 Å². The molecule has 2 aromatic carbocycles. The summed E-state index contributed by atoms with van der Waals surface area (Å²) >= 11 is 0. The molecule has 10 nitrogen and oxygen atoms in total. The highest BCUT2D eigenvalue weighted by Gasteiger charge is 2.37. The zero-order valence-electron chi connectivity index (χ0n) is 28.4. The summed E-state index contributed by atoms with van der Waals surface area (Å²) in [5.41, 5.74) is 8.07. The molecule has 8 aliphatic heterocycles. The fraction of sp³-hybridized carbons (Fsp3) is 0.692. The SMILES string of the molecule is c1c(Cc2cc(C(CC3CO3)CC3CO3)cc(N(CC3CO3)CC3CO3)c2)cc(N(CC2CO2)CC2CO2)cc1C(CC1CO1)CC1CO1. The molecular formula is C39H50N2O8. The number of rotatable bonds is 22. The Bertz CT molecular complexity index is 1210. The van der Waals surface area contributed by atoms with Crippen LogP contribution in [0.4, 0.5) is 11.4 Å². The van der Waals surface area contributed by atoms with E-state index in [-0.39, 0.29) is 0 Å². The Labute approximate surface area is 289 Å². The third-order valence-electron chi connectivity index (χ3n) is 11.2. The first-order chi connectivity index (χ1) is 24.1. The van der Waals surface area contributed by atoms with Gasteiger partial charge in [0, 0.05) is 37.6 Å². The number of nitrogens with zero attached hydrogens (tertiary/aromatic N) is 2. The summed E-state index contributed by atoms with van der Waals surface area (Å²) in [6, 6.07) is 14.7. The second-order valence-corrected chi connectivity index (χ2v) is 15.8. The van der Waals surface area contributed by atoms with E-state index in [0.717, 1.165) is 111 Å². The van der Waals surface area contributed by atoms with Crippen LogP contribution in [0.25, 0.3) is 0 Å². The Morgan fingerprint density at radius 1 is 0.408 bits per heavy atom. The van der Waals surface area contributed by atoms with Crippen LogP contribution in [0, 0.1) is 0 Å². The lowest BCUT2D eigenvalue weighted by molar-refractivity contribution is 0.345. The molecule has 264 valence electrons. The fourth-order valence-corrected chi connectivity index (χ4v) is 7.75. The third-order valence-corrected chi connectivity index (χ3v) is 11.2. The second kappa shape index (κ2) is 13.4. The van der Waals surface area contributed by atoms with Crippen LogP contribution in [-0.4, -0.2) is 128 Å². The fourth-order valence-electron chi connectivity index (χ4n) is 7.75. The van der Waals surface area contributed by atoms with E-state index in [1.54, 1.807) is 0 Å². The number of epoxide rings is 8. The maximum absolute atomic E-state index is 5.76. The Morgan fingerprint density at radius 3 is 0.959 bits per heavy atom. The topological polar surface area (TPSA) is 107 Å². The largest absolute Gasteiger partial charge is 0.373 e. The molecule has 10 rings (SSSR count). The second-order valence-electron chi connectivity index (χ2n) is 15.8. The van der Waals surface area contributed by atoms with Gasteiger partial charge in [-0.2, -0.15) is 0 Å². The molecule has 0 N–H and O–H groups in total. The van der Waals surface area contributed by atoms with Gasteiger partial charge in [0.1, 0.15) is 0 Å². The lowest BCUT2D eigenvalue weighted by Crippen LogP contribution is -2.32. The van der Waals surface area contributed by atoms with E-state index in [1.165, 1.54) is 33.6 Å². The van der Waals surface area contributed by atoms with E-state index in [2.05, 4.69) is 46.2 Å². The van der Waals surface area contributed by atoms with Crippen molar-refractivity contribution in [3.05, 3.63) is 58.7 Å². The van der Waals surface area contributed by atoms with Gasteiger partial charge in [-0.15, -0.1) is 0 Å². The van der Waals surface area contributed by atoms with E-state index in [9.17, 15) is 0 Å². The van der Waals surface area contributed by atoms with Crippen molar-refractivity contribution in [2.45, 2.75) is 92.8 Å². The van der Waals surface area contributed by atoms with E-state index in [1.807, 2.05) is 0 Å². The summed E-state index contributed by atoms with van der Waals surface area (Å²) < 4.78 is 46.0. The number of benzene rings is 2. The quantitative estimate of drug-likeness (QED) is 0.171. The first-order valence-electron chi connectivity index (χ1n) is 18.8. The van der Waals surface area contributed by atoms with Crippen molar-refractivity contribution in [1.82, 2.24) is 0 Å². The van der Waals surface area contributed by atoms with Gasteiger partial charge in [-0.05, 0) is 90.5 Å². The standard InChI is InChI=1S/C39H50N2O8/c1(24-2-26(28(8-32-16-42-32)9-33-17-43-33)6-30(4-24)40(12-36-20-46-36)13-37-21-47-37)25-3-27(29(10-34-18-44-34)11-35-19-45-35)7-31(5-25)41(14-38-22-48-38)15-39-23-49-39/h2-7,28-29,32-39H,1,8-23H2. The van der Waals surface area contributed by atoms with E-state index >= 15 is 0 Å². The molecule has 8 heterocycles. The molecule has 8 saturated heterocycles. The van der Waals surface area contributed by atoms with Crippen LogP contribution in [-0.2, 0) is 44.3 Å². The first-order valence-corrected chi connectivity index (χ1v) is 18.8. The zero-order valence-corrected chi connectivity index (χ0v) is 28.4. The molecule has 0 aromatic heterocycles. The molecule has 0 amide bonds. The van der Waals surface area contributed by atoms with E-state index in [4.69, 9.17) is 37.9 Å². The number of ether oxygens (including phenoxy) is 8. The minimum Gasteiger partial charge on any atom is -0.373 e. The molecule has 10 heteroatoms. The number of anilines is 2. The van der Waals surface area contributed by atoms with Crippen molar-refractivity contribution >= 4 is 11.4 Å². The van der Waals surface area contributed by atoms with Crippen molar-refractivity contribution in [3.8, 4) is 0 Å². The van der Waals surface area contributed by atoms with Gasteiger partial charge in [0.25, 0.3) is 0 Å². The van der Waals surface area contributed by atoms with Crippen molar-refractivity contribution in [3.63, 3.8) is 0 Å². The van der Waals surface area contributed by atoms with Gasteiger partial charge in [-0.3, -0.25) is 0 Å². The smallest absolute Gasteiger partial charge is 0.0984 e. The average Bonchev–Trinajstić information content (AvgIpc) is 3.91. The Hall–Kier alpha value is -2.28. The predicted octanol–water partition coefficient (Wildman–Crippen LogP) is 3.81. The first kappa shape index (κ1) is 31.5. The molecule has 8 unspecified atom stereocenters. The summed E-state index contributed by atoms with van der Waals surface area (Å²) in [5.74, 6) is 0.816. The highest BCUT2D eigenvalue weighted by Crippen LogP contribution is 2.40. The van der Waals surface area contributed by atoms with Crippen molar-refractivity contribution < 1.29 is 37.9 Å². The van der Waals surface area contributed by atoms with Gasteiger partial charge < -0.3 is 47.7 Å². The van der Waals surface area contributed by atoms with Gasteiger partial charge >= 0.3 is 0 Å². The maximum Gasteiger partial charge on any atom is 0.0984 e. The van der Waals surface area contributed by atoms with Gasteiger partial charge in [0.15, 0.2) is 0 Å². The zero-order chi connectivity index (χ0) is 32.3. The normalized spacial score (nSPS) is 33.8. The van der Waals surface area contributed by atoms with Crippen LogP contribution in [0.3, 0.4) is 0 Å². The van der Waals surface area contributed by atoms with Gasteiger partial charge in [-0.25, -0.2) is 0 Å². The molecule has 49 heavy (non-hydrogen) atoms. The molecule has 2 aromatic rings.